The lowest BCUT2D eigenvalue weighted by molar-refractivity contribution is 0.467. The lowest BCUT2D eigenvalue weighted by Crippen LogP contribution is -2.27. The second-order valence-electron chi connectivity index (χ2n) is 5.55. The van der Waals surface area contributed by atoms with Crippen LogP contribution in [0.15, 0.2) is 24.3 Å². The molecule has 102 valence electrons. The smallest absolute Gasteiger partial charge is 0.0703 e. The summed E-state index contributed by atoms with van der Waals surface area (Å²) in [6.45, 7) is 3.10. The second kappa shape index (κ2) is 5.33. The van der Waals surface area contributed by atoms with E-state index < -0.39 is 0 Å². The second-order valence-corrected chi connectivity index (χ2v) is 5.55. The van der Waals surface area contributed by atoms with Gasteiger partial charge < -0.3 is 5.32 Å². The van der Waals surface area contributed by atoms with Gasteiger partial charge in [0.15, 0.2) is 0 Å². The van der Waals surface area contributed by atoms with E-state index in [9.17, 15) is 0 Å². The Kier molecular flexibility index (Phi) is 3.56. The minimum Gasteiger partial charge on any atom is -0.317 e. The summed E-state index contributed by atoms with van der Waals surface area (Å²) in [7, 11) is 2.09. The maximum Gasteiger partial charge on any atom is 0.0703 e. The van der Waals surface area contributed by atoms with Gasteiger partial charge in [0.05, 0.1) is 11.2 Å². The Morgan fingerprint density at radius 2 is 2.16 bits per heavy atom. The van der Waals surface area contributed by atoms with Gasteiger partial charge in [-0.05, 0) is 51.6 Å². The van der Waals surface area contributed by atoms with E-state index in [1.807, 2.05) is 0 Å². The van der Waals surface area contributed by atoms with Crippen LogP contribution in [0.1, 0.15) is 31.9 Å². The van der Waals surface area contributed by atoms with Crippen molar-refractivity contribution in [2.24, 2.45) is 5.92 Å². The van der Waals surface area contributed by atoms with Crippen LogP contribution in [-0.2, 0) is 13.0 Å². The maximum atomic E-state index is 4.78. The zero-order valence-electron chi connectivity index (χ0n) is 11.9. The number of hydrogen-bond acceptors (Lipinski definition) is 2. The van der Waals surface area contributed by atoms with Crippen LogP contribution in [0.2, 0.25) is 0 Å². The van der Waals surface area contributed by atoms with Gasteiger partial charge in [-0.3, -0.25) is 4.68 Å². The van der Waals surface area contributed by atoms with Crippen LogP contribution in [-0.4, -0.2) is 22.9 Å². The number of rotatable bonds is 6. The van der Waals surface area contributed by atoms with Crippen LogP contribution in [0.5, 0.6) is 0 Å². The van der Waals surface area contributed by atoms with Crippen LogP contribution >= 0.6 is 0 Å². The summed E-state index contributed by atoms with van der Waals surface area (Å²) < 4.78 is 2.12. The Balaban J connectivity index is 1.80. The van der Waals surface area contributed by atoms with Gasteiger partial charge >= 0.3 is 0 Å². The molecule has 19 heavy (non-hydrogen) atoms. The number of para-hydroxylation sites is 1. The van der Waals surface area contributed by atoms with Gasteiger partial charge in [0, 0.05) is 18.0 Å². The fraction of sp³-hybridized carbons (Fsp3) is 0.562. The fourth-order valence-corrected chi connectivity index (χ4v) is 3.03. The van der Waals surface area contributed by atoms with Crippen molar-refractivity contribution < 1.29 is 0 Å². The zero-order chi connectivity index (χ0) is 13.2. The number of benzene rings is 1. The van der Waals surface area contributed by atoms with Crippen molar-refractivity contribution in [2.75, 3.05) is 7.05 Å². The van der Waals surface area contributed by atoms with Crippen LogP contribution in [0.4, 0.5) is 0 Å². The lowest BCUT2D eigenvalue weighted by atomic mass is 10.0. The molecular formula is C16H23N3. The van der Waals surface area contributed by atoms with Gasteiger partial charge in [0.2, 0.25) is 0 Å². The molecule has 1 aliphatic rings. The third kappa shape index (κ3) is 2.52. The Morgan fingerprint density at radius 1 is 1.37 bits per heavy atom. The molecule has 1 atom stereocenters. The largest absolute Gasteiger partial charge is 0.317 e. The summed E-state index contributed by atoms with van der Waals surface area (Å²) in [6.07, 6.45) is 5.08. The van der Waals surface area contributed by atoms with Crippen LogP contribution in [0, 0.1) is 5.92 Å². The van der Waals surface area contributed by atoms with Crippen molar-refractivity contribution in [3.05, 3.63) is 30.0 Å². The summed E-state index contributed by atoms with van der Waals surface area (Å²) in [5, 5.41) is 9.58. The summed E-state index contributed by atoms with van der Waals surface area (Å²) in [5.74, 6) is 0.907. The number of fused-ring (bicyclic) bond motifs is 1. The number of hydrogen-bond donors (Lipinski definition) is 1. The molecule has 2 aromatic rings. The zero-order valence-corrected chi connectivity index (χ0v) is 11.9. The van der Waals surface area contributed by atoms with Gasteiger partial charge in [0.25, 0.3) is 0 Å². The normalized spacial score (nSPS) is 16.9. The molecule has 3 rings (SSSR count). The highest BCUT2D eigenvalue weighted by Crippen LogP contribution is 2.34. The van der Waals surface area contributed by atoms with Crippen molar-refractivity contribution in [3.63, 3.8) is 0 Å². The first kappa shape index (κ1) is 12.7. The minimum absolute atomic E-state index is 0.672. The molecule has 0 aliphatic heterocycles. The summed E-state index contributed by atoms with van der Waals surface area (Å²) in [5.41, 5.74) is 2.53. The van der Waals surface area contributed by atoms with Crippen LogP contribution in [0.25, 0.3) is 10.9 Å². The lowest BCUT2D eigenvalue weighted by Gasteiger charge is -2.14. The van der Waals surface area contributed by atoms with Crippen LogP contribution < -0.4 is 5.32 Å². The van der Waals surface area contributed by atoms with E-state index in [1.165, 1.54) is 35.9 Å². The van der Waals surface area contributed by atoms with Crippen molar-refractivity contribution in [1.29, 1.82) is 0 Å². The fourth-order valence-electron chi connectivity index (χ4n) is 3.03. The molecule has 1 fully saturated rings. The van der Waals surface area contributed by atoms with Gasteiger partial charge in [0.1, 0.15) is 0 Å². The van der Waals surface area contributed by atoms with Crippen molar-refractivity contribution in [3.8, 4) is 0 Å². The molecule has 1 aromatic carbocycles. The topological polar surface area (TPSA) is 29.9 Å². The first-order valence-corrected chi connectivity index (χ1v) is 7.45. The first-order valence-electron chi connectivity index (χ1n) is 7.45. The van der Waals surface area contributed by atoms with Crippen LogP contribution in [0.3, 0.4) is 0 Å². The molecule has 1 saturated carbocycles. The predicted molar refractivity (Wildman–Crippen MR) is 79.3 cm³/mol. The molecule has 0 amide bonds. The van der Waals surface area contributed by atoms with E-state index in [-0.39, 0.29) is 0 Å². The molecule has 0 bridgehead atoms. The average Bonchev–Trinajstić information content (AvgIpc) is 3.22. The van der Waals surface area contributed by atoms with E-state index >= 15 is 0 Å². The van der Waals surface area contributed by atoms with Gasteiger partial charge in [-0.15, -0.1) is 0 Å². The Morgan fingerprint density at radius 3 is 2.84 bits per heavy atom. The van der Waals surface area contributed by atoms with Gasteiger partial charge in [-0.25, -0.2) is 0 Å². The maximum absolute atomic E-state index is 4.78. The third-order valence-electron chi connectivity index (χ3n) is 4.29. The standard InChI is InChI=1S/C16H23N3/c1-3-19-16-7-5-4-6-13(16)15(18-19)11-10-14(17-2)12-8-9-12/h4-7,12,14,17H,3,8-11H2,1-2H3. The molecule has 1 heterocycles. The van der Waals surface area contributed by atoms with E-state index in [0.717, 1.165) is 18.9 Å². The summed E-state index contributed by atoms with van der Waals surface area (Å²) in [6, 6.07) is 9.26. The van der Waals surface area contributed by atoms with Crippen molar-refractivity contribution in [2.45, 2.75) is 45.2 Å². The quantitative estimate of drug-likeness (QED) is 0.862. The molecule has 1 N–H and O–H groups in total. The Labute approximate surface area is 115 Å². The highest BCUT2D eigenvalue weighted by molar-refractivity contribution is 5.81. The average molecular weight is 257 g/mol. The highest BCUT2D eigenvalue weighted by Gasteiger charge is 2.29. The van der Waals surface area contributed by atoms with E-state index in [1.54, 1.807) is 0 Å². The number of nitrogens with one attached hydrogen (secondary N) is 1. The van der Waals surface area contributed by atoms with E-state index in [2.05, 4.69) is 48.2 Å². The first-order chi connectivity index (χ1) is 9.33. The van der Waals surface area contributed by atoms with Gasteiger partial charge in [-0.2, -0.15) is 5.10 Å². The molecule has 0 radical (unpaired) electrons. The molecule has 0 spiro atoms. The molecule has 1 aliphatic carbocycles. The Bertz CT molecular complexity index is 554. The molecule has 3 nitrogen and oxygen atoms in total. The monoisotopic (exact) mass is 257 g/mol. The van der Waals surface area contributed by atoms with E-state index in [4.69, 9.17) is 5.10 Å². The molecule has 1 aromatic heterocycles. The summed E-state index contributed by atoms with van der Waals surface area (Å²) >= 11 is 0. The molecule has 3 heteroatoms. The Hall–Kier alpha value is -1.35. The number of aromatic nitrogens is 2. The van der Waals surface area contributed by atoms with Crippen molar-refractivity contribution >= 4 is 10.9 Å². The predicted octanol–water partition coefficient (Wildman–Crippen LogP) is 2.99. The highest BCUT2D eigenvalue weighted by atomic mass is 15.3. The van der Waals surface area contributed by atoms with E-state index in [0.29, 0.717) is 6.04 Å². The summed E-state index contributed by atoms with van der Waals surface area (Å²) in [4.78, 5) is 0. The van der Waals surface area contributed by atoms with Gasteiger partial charge in [-0.1, -0.05) is 18.2 Å². The molecular weight excluding hydrogens is 234 g/mol. The number of nitrogens with zero attached hydrogens (tertiary/aromatic N) is 2. The SMILES string of the molecule is CCn1nc(CCC(NC)C2CC2)c2ccccc21. The molecule has 0 saturated heterocycles. The minimum atomic E-state index is 0.672. The third-order valence-corrected chi connectivity index (χ3v) is 4.29. The number of aryl methyl sites for hydroxylation is 2. The van der Waals surface area contributed by atoms with Crippen molar-refractivity contribution in [1.82, 2.24) is 15.1 Å². The molecule has 1 unspecified atom stereocenters.